The molecular weight excluding hydrogens is 245 g/mol. The van der Waals surface area contributed by atoms with Crippen molar-refractivity contribution >= 4 is 34.8 Å². The number of halogens is 2. The average molecular weight is 258 g/mol. The van der Waals surface area contributed by atoms with Gasteiger partial charge in [-0.05, 0) is 26.0 Å². The summed E-state index contributed by atoms with van der Waals surface area (Å²) in [6.07, 6.45) is 0. The highest BCUT2D eigenvalue weighted by molar-refractivity contribution is 6.38. The Morgan fingerprint density at radius 1 is 1.06 bits per heavy atom. The summed E-state index contributed by atoms with van der Waals surface area (Å²) in [6, 6.07) is 6.04. The van der Waals surface area contributed by atoms with Gasteiger partial charge in [-0.15, -0.1) is 0 Å². The molecule has 2 N–H and O–H groups in total. The van der Waals surface area contributed by atoms with Crippen molar-refractivity contribution in [2.75, 3.05) is 0 Å². The first-order chi connectivity index (χ1) is 7.58. The largest absolute Gasteiger partial charge is 0.352 e. The Morgan fingerprint density at radius 3 is 2.06 bits per heavy atom. The molecule has 0 aliphatic carbocycles. The molecule has 1 aliphatic heterocycles. The molecule has 1 aromatic carbocycles. The monoisotopic (exact) mass is 257 g/mol. The van der Waals surface area contributed by atoms with Gasteiger partial charge in [0.25, 0.3) is 0 Å². The molecule has 16 heavy (non-hydrogen) atoms. The number of guanidine groups is 1. The number of hydrogen-bond donors (Lipinski definition) is 2. The minimum atomic E-state index is 0.347. The number of hydrogen-bond acceptors (Lipinski definition) is 1. The molecular formula is C11H13Cl2N3. The van der Waals surface area contributed by atoms with E-state index in [1.807, 2.05) is 0 Å². The minimum absolute atomic E-state index is 0.347. The van der Waals surface area contributed by atoms with Crippen molar-refractivity contribution in [2.24, 2.45) is 4.99 Å². The molecule has 0 spiro atoms. The van der Waals surface area contributed by atoms with Crippen molar-refractivity contribution in [1.29, 1.82) is 0 Å². The number of para-hydroxylation sites is 1. The minimum Gasteiger partial charge on any atom is -0.352 e. The maximum absolute atomic E-state index is 6.03. The molecule has 1 heterocycles. The van der Waals surface area contributed by atoms with Gasteiger partial charge < -0.3 is 10.6 Å². The molecule has 1 aromatic rings. The molecule has 0 amide bonds. The molecule has 2 unspecified atom stereocenters. The van der Waals surface area contributed by atoms with Gasteiger partial charge in [0.15, 0.2) is 5.96 Å². The van der Waals surface area contributed by atoms with Gasteiger partial charge in [0.1, 0.15) is 5.69 Å². The zero-order valence-corrected chi connectivity index (χ0v) is 10.6. The van der Waals surface area contributed by atoms with Crippen molar-refractivity contribution in [3.8, 4) is 0 Å². The van der Waals surface area contributed by atoms with Crippen LogP contribution in [0.25, 0.3) is 0 Å². The predicted molar refractivity (Wildman–Crippen MR) is 68.8 cm³/mol. The highest BCUT2D eigenvalue weighted by Gasteiger charge is 2.22. The van der Waals surface area contributed by atoms with Crippen LogP contribution < -0.4 is 10.6 Å². The van der Waals surface area contributed by atoms with E-state index in [-0.39, 0.29) is 0 Å². The number of rotatable bonds is 1. The zero-order chi connectivity index (χ0) is 11.7. The normalized spacial score (nSPS) is 23.9. The van der Waals surface area contributed by atoms with E-state index >= 15 is 0 Å². The van der Waals surface area contributed by atoms with Crippen molar-refractivity contribution < 1.29 is 0 Å². The first-order valence-electron chi connectivity index (χ1n) is 5.13. The highest BCUT2D eigenvalue weighted by atomic mass is 35.5. The van der Waals surface area contributed by atoms with E-state index in [1.165, 1.54) is 0 Å². The molecule has 0 radical (unpaired) electrons. The lowest BCUT2D eigenvalue weighted by molar-refractivity contribution is 0.583. The Morgan fingerprint density at radius 2 is 1.56 bits per heavy atom. The van der Waals surface area contributed by atoms with Crippen molar-refractivity contribution in [1.82, 2.24) is 10.6 Å². The molecule has 1 fully saturated rings. The maximum Gasteiger partial charge on any atom is 0.197 e. The van der Waals surface area contributed by atoms with Crippen LogP contribution in [0.2, 0.25) is 10.0 Å². The van der Waals surface area contributed by atoms with Crippen LogP contribution in [0.5, 0.6) is 0 Å². The van der Waals surface area contributed by atoms with Crippen LogP contribution in [-0.4, -0.2) is 18.0 Å². The summed E-state index contributed by atoms with van der Waals surface area (Å²) in [5.41, 5.74) is 0.599. The second-order valence-electron chi connectivity index (χ2n) is 3.90. The standard InChI is InChI=1S/C11H13Cl2N3/c1-6-7(2)15-11(14-6)16-10-8(12)4-3-5-9(10)13/h3-7H,1-2H3,(H2,14,15,16). The third-order valence-electron chi connectivity index (χ3n) is 2.64. The van der Waals surface area contributed by atoms with Gasteiger partial charge in [-0.3, -0.25) is 0 Å². The average Bonchev–Trinajstić information content (AvgIpc) is 2.53. The molecule has 1 aliphatic rings. The van der Waals surface area contributed by atoms with Crippen LogP contribution in [-0.2, 0) is 0 Å². The van der Waals surface area contributed by atoms with Crippen LogP contribution in [0.3, 0.4) is 0 Å². The summed E-state index contributed by atoms with van der Waals surface area (Å²) in [4.78, 5) is 4.39. The van der Waals surface area contributed by atoms with Crippen LogP contribution in [0.4, 0.5) is 5.69 Å². The Hall–Kier alpha value is -0.930. The number of nitrogens with zero attached hydrogens (tertiary/aromatic N) is 1. The van der Waals surface area contributed by atoms with Crippen LogP contribution in [0.1, 0.15) is 13.8 Å². The van der Waals surface area contributed by atoms with E-state index in [4.69, 9.17) is 23.2 Å². The van der Waals surface area contributed by atoms with Crippen LogP contribution in [0.15, 0.2) is 23.2 Å². The Bertz CT molecular complexity index is 399. The van der Waals surface area contributed by atoms with Gasteiger partial charge >= 0.3 is 0 Å². The van der Waals surface area contributed by atoms with E-state index < -0.39 is 0 Å². The maximum atomic E-state index is 6.03. The molecule has 2 atom stereocenters. The Kier molecular flexibility index (Phi) is 3.26. The van der Waals surface area contributed by atoms with Gasteiger partial charge in [0, 0.05) is 12.1 Å². The van der Waals surface area contributed by atoms with E-state index in [9.17, 15) is 0 Å². The lowest BCUT2D eigenvalue weighted by Crippen LogP contribution is -2.26. The zero-order valence-electron chi connectivity index (χ0n) is 9.09. The third-order valence-corrected chi connectivity index (χ3v) is 3.25. The second kappa shape index (κ2) is 4.52. The van der Waals surface area contributed by atoms with E-state index in [0.29, 0.717) is 27.8 Å². The summed E-state index contributed by atoms with van der Waals surface area (Å²) < 4.78 is 0. The summed E-state index contributed by atoms with van der Waals surface area (Å²) in [5, 5.41) is 7.56. The molecule has 0 bridgehead atoms. The first-order valence-corrected chi connectivity index (χ1v) is 5.89. The highest BCUT2D eigenvalue weighted by Crippen LogP contribution is 2.32. The van der Waals surface area contributed by atoms with Gasteiger partial charge in [0.05, 0.1) is 10.0 Å². The molecule has 3 nitrogen and oxygen atoms in total. The molecule has 86 valence electrons. The fourth-order valence-electron chi connectivity index (χ4n) is 1.50. The SMILES string of the molecule is CC1NC(=Nc2c(Cl)cccc2Cl)NC1C. The summed E-state index contributed by atoms with van der Waals surface area (Å²) in [7, 11) is 0. The summed E-state index contributed by atoms with van der Waals surface area (Å²) in [6.45, 7) is 4.18. The Balaban J connectivity index is 2.30. The summed E-state index contributed by atoms with van der Waals surface area (Å²) in [5.74, 6) is 0.718. The third kappa shape index (κ3) is 2.25. The fraction of sp³-hybridized carbons (Fsp3) is 0.364. The molecule has 1 saturated heterocycles. The van der Waals surface area contributed by atoms with Crippen LogP contribution in [0, 0.1) is 0 Å². The topological polar surface area (TPSA) is 36.4 Å². The molecule has 5 heteroatoms. The van der Waals surface area contributed by atoms with Gasteiger partial charge in [-0.2, -0.15) is 0 Å². The van der Waals surface area contributed by atoms with Crippen molar-refractivity contribution in [2.45, 2.75) is 25.9 Å². The summed E-state index contributed by atoms with van der Waals surface area (Å²) >= 11 is 12.1. The molecule has 0 aromatic heterocycles. The Labute approximate surface area is 105 Å². The van der Waals surface area contributed by atoms with Gasteiger partial charge in [-0.25, -0.2) is 4.99 Å². The number of benzene rings is 1. The van der Waals surface area contributed by atoms with Crippen molar-refractivity contribution in [3.63, 3.8) is 0 Å². The number of aliphatic imine (C=N–C) groups is 1. The lowest BCUT2D eigenvalue weighted by Gasteiger charge is -2.04. The number of nitrogens with one attached hydrogen (secondary N) is 2. The van der Waals surface area contributed by atoms with Gasteiger partial charge in [-0.1, -0.05) is 29.3 Å². The molecule has 2 rings (SSSR count). The predicted octanol–water partition coefficient (Wildman–Crippen LogP) is 2.95. The van der Waals surface area contributed by atoms with E-state index in [0.717, 1.165) is 5.96 Å². The van der Waals surface area contributed by atoms with E-state index in [2.05, 4.69) is 29.5 Å². The lowest BCUT2D eigenvalue weighted by atomic mass is 10.2. The first kappa shape index (κ1) is 11.6. The van der Waals surface area contributed by atoms with Gasteiger partial charge in [0.2, 0.25) is 0 Å². The van der Waals surface area contributed by atoms with Crippen LogP contribution >= 0.6 is 23.2 Å². The smallest absolute Gasteiger partial charge is 0.197 e. The van der Waals surface area contributed by atoms with E-state index in [1.54, 1.807) is 18.2 Å². The fourth-order valence-corrected chi connectivity index (χ4v) is 1.98. The van der Waals surface area contributed by atoms with Crippen molar-refractivity contribution in [3.05, 3.63) is 28.2 Å². The second-order valence-corrected chi connectivity index (χ2v) is 4.71. The molecule has 0 saturated carbocycles. The quantitative estimate of drug-likeness (QED) is 0.812.